The molecule has 0 aromatic heterocycles. The van der Waals surface area contributed by atoms with Crippen LogP contribution >= 0.6 is 0 Å². The van der Waals surface area contributed by atoms with Crippen molar-refractivity contribution in [3.8, 4) is 11.5 Å². The van der Waals surface area contributed by atoms with Crippen LogP contribution in [-0.4, -0.2) is 55.2 Å². The summed E-state index contributed by atoms with van der Waals surface area (Å²) in [6.07, 6.45) is -0.438. The highest BCUT2D eigenvalue weighted by atomic mass is 16.7. The Labute approximate surface area is 236 Å². The standard InChI is InChI=1S/C29H45NO10/c1-9-17(3)14-37-27(34)39-21-12-11-20(13-22(21)40-28(35)38-15-18(4)10-2)23(24(30)25(31)32)19(5)16-36-26(33)29(6,7)8/h11-13,17-19,23-24H,9-10,14-16,30H2,1-8H3,(H,31,32)/t17?,18?,19?,23?,24-/m0/s1. The summed E-state index contributed by atoms with van der Waals surface area (Å²) in [6, 6.07) is 2.83. The monoisotopic (exact) mass is 567 g/mol. The van der Waals surface area contributed by atoms with Gasteiger partial charge >= 0.3 is 24.2 Å². The first-order valence-electron chi connectivity index (χ1n) is 13.6. The van der Waals surface area contributed by atoms with Crippen LogP contribution in [0.1, 0.15) is 79.7 Å². The number of hydrogen-bond donors (Lipinski definition) is 2. The molecule has 0 radical (unpaired) electrons. The molecule has 0 bridgehead atoms. The van der Waals surface area contributed by atoms with Crippen molar-refractivity contribution in [1.82, 2.24) is 0 Å². The second-order valence-electron chi connectivity index (χ2n) is 11.3. The smallest absolute Gasteiger partial charge is 0.480 e. The molecule has 1 rings (SSSR count). The van der Waals surface area contributed by atoms with Gasteiger partial charge in [0.1, 0.15) is 6.04 Å². The van der Waals surface area contributed by atoms with Crippen molar-refractivity contribution in [2.45, 2.75) is 80.2 Å². The largest absolute Gasteiger partial charge is 0.513 e. The van der Waals surface area contributed by atoms with Gasteiger partial charge in [0, 0.05) is 5.92 Å². The molecule has 4 unspecified atom stereocenters. The summed E-state index contributed by atoms with van der Waals surface area (Å²) in [6.45, 7) is 14.7. The van der Waals surface area contributed by atoms with Crippen molar-refractivity contribution in [2.75, 3.05) is 19.8 Å². The van der Waals surface area contributed by atoms with E-state index in [-0.39, 0.29) is 43.2 Å². The molecule has 0 spiro atoms. The van der Waals surface area contributed by atoms with E-state index in [0.29, 0.717) is 5.56 Å². The number of benzene rings is 1. The van der Waals surface area contributed by atoms with Gasteiger partial charge in [-0.3, -0.25) is 9.59 Å². The lowest BCUT2D eigenvalue weighted by atomic mass is 9.82. The fraction of sp³-hybridized carbons (Fsp3) is 0.655. The van der Waals surface area contributed by atoms with E-state index in [0.717, 1.165) is 12.8 Å². The van der Waals surface area contributed by atoms with Crippen molar-refractivity contribution in [3.63, 3.8) is 0 Å². The van der Waals surface area contributed by atoms with Gasteiger partial charge in [0.2, 0.25) is 0 Å². The first-order valence-corrected chi connectivity index (χ1v) is 13.6. The normalized spacial score (nSPS) is 15.1. The Morgan fingerprint density at radius 3 is 1.77 bits per heavy atom. The fourth-order valence-corrected chi connectivity index (χ4v) is 3.36. The molecule has 5 atom stereocenters. The topological polar surface area (TPSA) is 161 Å². The van der Waals surface area contributed by atoms with Crippen LogP contribution in [0.25, 0.3) is 0 Å². The van der Waals surface area contributed by atoms with Crippen LogP contribution in [0.4, 0.5) is 9.59 Å². The zero-order chi connectivity index (χ0) is 30.6. The molecule has 0 saturated carbocycles. The Morgan fingerprint density at radius 2 is 1.32 bits per heavy atom. The third-order valence-corrected chi connectivity index (χ3v) is 6.48. The molecule has 11 nitrogen and oxygen atoms in total. The van der Waals surface area contributed by atoms with Gasteiger partial charge in [0.15, 0.2) is 11.5 Å². The van der Waals surface area contributed by atoms with Crippen LogP contribution in [0.3, 0.4) is 0 Å². The number of ether oxygens (including phenoxy) is 5. The van der Waals surface area contributed by atoms with Crippen LogP contribution < -0.4 is 15.2 Å². The number of carboxylic acid groups (broad SMARTS) is 1. The van der Waals surface area contributed by atoms with E-state index >= 15 is 0 Å². The minimum absolute atomic E-state index is 0.0970. The molecular weight excluding hydrogens is 522 g/mol. The maximum atomic E-state index is 12.5. The number of carboxylic acids is 1. The van der Waals surface area contributed by atoms with E-state index in [2.05, 4.69) is 0 Å². The Kier molecular flexibility index (Phi) is 13.9. The molecule has 0 saturated heterocycles. The number of nitrogens with two attached hydrogens (primary N) is 1. The molecule has 0 heterocycles. The zero-order valence-electron chi connectivity index (χ0n) is 24.9. The van der Waals surface area contributed by atoms with Crippen LogP contribution in [0.5, 0.6) is 11.5 Å². The fourth-order valence-electron chi connectivity index (χ4n) is 3.36. The van der Waals surface area contributed by atoms with Crippen LogP contribution in [0.15, 0.2) is 18.2 Å². The number of carbonyl (C=O) groups excluding carboxylic acids is 3. The minimum Gasteiger partial charge on any atom is -0.480 e. The Balaban J connectivity index is 3.35. The van der Waals surface area contributed by atoms with E-state index < -0.39 is 47.5 Å². The molecule has 1 aromatic carbocycles. The van der Waals surface area contributed by atoms with Crippen LogP contribution in [0, 0.1) is 23.2 Å². The first-order chi connectivity index (χ1) is 18.6. The molecule has 0 amide bonds. The summed E-state index contributed by atoms with van der Waals surface area (Å²) in [4.78, 5) is 49.0. The van der Waals surface area contributed by atoms with Gasteiger partial charge in [-0.2, -0.15) is 0 Å². The molecule has 40 heavy (non-hydrogen) atoms. The molecule has 11 heteroatoms. The Hall–Kier alpha value is -3.34. The van der Waals surface area contributed by atoms with E-state index in [1.807, 2.05) is 27.7 Å². The van der Waals surface area contributed by atoms with Crippen molar-refractivity contribution < 1.29 is 48.0 Å². The second kappa shape index (κ2) is 16.1. The van der Waals surface area contributed by atoms with Crippen molar-refractivity contribution in [2.24, 2.45) is 28.9 Å². The molecule has 0 aliphatic carbocycles. The SMILES string of the molecule is CCC(C)COC(=O)Oc1ccc(C(C(C)COC(=O)C(C)(C)C)[C@H](N)C(=O)O)cc1OC(=O)OCC(C)CC. The van der Waals surface area contributed by atoms with E-state index in [9.17, 15) is 24.3 Å². The molecule has 0 aliphatic rings. The summed E-state index contributed by atoms with van der Waals surface area (Å²) in [7, 11) is 0. The molecule has 0 aliphatic heterocycles. The minimum atomic E-state index is -1.39. The highest BCUT2D eigenvalue weighted by Gasteiger charge is 2.34. The summed E-state index contributed by atoms with van der Waals surface area (Å²) in [5.41, 5.74) is 5.67. The number of rotatable bonds is 14. The summed E-state index contributed by atoms with van der Waals surface area (Å²) in [5.74, 6) is -3.24. The highest BCUT2D eigenvalue weighted by Crippen LogP contribution is 2.36. The predicted octanol–water partition coefficient (Wildman–Crippen LogP) is 5.53. The van der Waals surface area contributed by atoms with Crippen LogP contribution in [0.2, 0.25) is 0 Å². The third-order valence-electron chi connectivity index (χ3n) is 6.48. The molecule has 0 fully saturated rings. The number of hydrogen-bond acceptors (Lipinski definition) is 10. The maximum Gasteiger partial charge on any atom is 0.513 e. The maximum absolute atomic E-state index is 12.5. The van der Waals surface area contributed by atoms with Gasteiger partial charge in [-0.05, 0) is 56.2 Å². The van der Waals surface area contributed by atoms with Gasteiger partial charge in [0.25, 0.3) is 0 Å². The Morgan fingerprint density at radius 1 is 0.825 bits per heavy atom. The summed E-state index contributed by atoms with van der Waals surface area (Å²) in [5, 5.41) is 9.70. The number of aliphatic carboxylic acids is 1. The number of carbonyl (C=O) groups is 4. The van der Waals surface area contributed by atoms with Gasteiger partial charge in [0.05, 0.1) is 25.2 Å². The zero-order valence-corrected chi connectivity index (χ0v) is 24.9. The molecule has 3 N–H and O–H groups in total. The third kappa shape index (κ3) is 11.4. The van der Waals surface area contributed by atoms with Crippen molar-refractivity contribution >= 4 is 24.2 Å². The quantitative estimate of drug-likeness (QED) is 0.165. The lowest BCUT2D eigenvalue weighted by Crippen LogP contribution is -2.41. The van der Waals surface area contributed by atoms with Gasteiger partial charge in [-0.25, -0.2) is 9.59 Å². The average Bonchev–Trinajstić information content (AvgIpc) is 2.89. The van der Waals surface area contributed by atoms with Gasteiger partial charge < -0.3 is 34.5 Å². The Bertz CT molecular complexity index is 1000. The highest BCUT2D eigenvalue weighted by molar-refractivity contribution is 5.76. The molecular formula is C29H45NO10. The first kappa shape index (κ1) is 34.7. The summed E-state index contributed by atoms with van der Waals surface area (Å²) < 4.78 is 26.4. The lowest BCUT2D eigenvalue weighted by Gasteiger charge is -2.29. The van der Waals surface area contributed by atoms with Gasteiger partial charge in [-0.1, -0.05) is 53.5 Å². The average molecular weight is 568 g/mol. The molecule has 226 valence electrons. The van der Waals surface area contributed by atoms with E-state index in [1.165, 1.54) is 18.2 Å². The predicted molar refractivity (Wildman–Crippen MR) is 147 cm³/mol. The van der Waals surface area contributed by atoms with E-state index in [1.54, 1.807) is 27.7 Å². The van der Waals surface area contributed by atoms with Gasteiger partial charge in [-0.15, -0.1) is 0 Å². The number of esters is 1. The van der Waals surface area contributed by atoms with E-state index in [4.69, 9.17) is 29.4 Å². The van der Waals surface area contributed by atoms with Crippen LogP contribution in [-0.2, 0) is 23.8 Å². The molecule has 1 aromatic rings. The lowest BCUT2D eigenvalue weighted by molar-refractivity contribution is -0.154. The second-order valence-corrected chi connectivity index (χ2v) is 11.3. The van der Waals surface area contributed by atoms with Crippen molar-refractivity contribution in [1.29, 1.82) is 0 Å². The summed E-state index contributed by atoms with van der Waals surface area (Å²) >= 11 is 0. The van der Waals surface area contributed by atoms with Crippen molar-refractivity contribution in [3.05, 3.63) is 23.8 Å².